The lowest BCUT2D eigenvalue weighted by Gasteiger charge is -2.18. The fraction of sp³-hybridized carbons (Fsp3) is 0.120. The van der Waals surface area contributed by atoms with Crippen molar-refractivity contribution < 1.29 is 19.8 Å². The number of aryl methyl sites for hydroxylation is 2. The first-order chi connectivity index (χ1) is 15.3. The van der Waals surface area contributed by atoms with Crippen molar-refractivity contribution in [1.29, 1.82) is 0 Å². The summed E-state index contributed by atoms with van der Waals surface area (Å²) in [6, 6.07) is 17.2. The van der Waals surface area contributed by atoms with Crippen LogP contribution in [0.25, 0.3) is 5.57 Å². The number of hydrazine groups is 1. The number of rotatable bonds is 4. The maximum Gasteiger partial charge on any atom is 0.269 e. The van der Waals surface area contributed by atoms with Crippen LogP contribution in [0.2, 0.25) is 0 Å². The van der Waals surface area contributed by atoms with E-state index in [1.165, 1.54) is 12.1 Å². The Kier molecular flexibility index (Phi) is 5.32. The van der Waals surface area contributed by atoms with Gasteiger partial charge in [0.15, 0.2) is 11.5 Å². The lowest BCUT2D eigenvalue weighted by Crippen LogP contribution is -2.37. The van der Waals surface area contributed by atoms with Crippen LogP contribution in [0, 0.1) is 13.8 Å². The van der Waals surface area contributed by atoms with E-state index in [1.54, 1.807) is 11.8 Å². The summed E-state index contributed by atoms with van der Waals surface area (Å²) in [6.45, 7) is 5.74. The SMILES string of the molecule is C/C(NNC(=O)c1ccc(O)c(O)c1)=C1/C(=O)N(c2ccc(C)c(C)c2)c2ccccc21. The first-order valence-corrected chi connectivity index (χ1v) is 10.1. The van der Waals surface area contributed by atoms with Gasteiger partial charge in [-0.1, -0.05) is 24.3 Å². The molecule has 4 N–H and O–H groups in total. The third-order valence-electron chi connectivity index (χ3n) is 5.56. The van der Waals surface area contributed by atoms with E-state index in [9.17, 15) is 19.8 Å². The van der Waals surface area contributed by atoms with Crippen molar-refractivity contribution in [3.8, 4) is 11.5 Å². The second kappa shape index (κ2) is 8.11. The Morgan fingerprint density at radius 2 is 1.62 bits per heavy atom. The van der Waals surface area contributed by atoms with E-state index in [2.05, 4.69) is 10.9 Å². The van der Waals surface area contributed by atoms with Gasteiger partial charge in [0.1, 0.15) is 0 Å². The lowest BCUT2D eigenvalue weighted by atomic mass is 10.1. The van der Waals surface area contributed by atoms with E-state index in [-0.39, 0.29) is 17.2 Å². The molecule has 0 unspecified atom stereocenters. The number of nitrogens with one attached hydrogen (secondary N) is 2. The zero-order chi connectivity index (χ0) is 23.0. The van der Waals surface area contributed by atoms with Gasteiger partial charge in [0, 0.05) is 22.5 Å². The van der Waals surface area contributed by atoms with Crippen LogP contribution in [0.15, 0.2) is 66.4 Å². The Balaban J connectivity index is 1.64. The van der Waals surface area contributed by atoms with Gasteiger partial charge in [-0.3, -0.25) is 19.9 Å². The summed E-state index contributed by atoms with van der Waals surface area (Å²) in [6.07, 6.45) is 0. The number of phenols is 2. The predicted molar refractivity (Wildman–Crippen MR) is 122 cm³/mol. The molecule has 7 heteroatoms. The van der Waals surface area contributed by atoms with Gasteiger partial charge in [-0.05, 0) is 68.3 Å². The Labute approximate surface area is 185 Å². The summed E-state index contributed by atoms with van der Waals surface area (Å²) >= 11 is 0. The molecule has 0 aliphatic carbocycles. The molecule has 32 heavy (non-hydrogen) atoms. The van der Waals surface area contributed by atoms with Crippen LogP contribution >= 0.6 is 0 Å². The van der Waals surface area contributed by atoms with Crippen LogP contribution in [0.1, 0.15) is 34.0 Å². The topological polar surface area (TPSA) is 102 Å². The van der Waals surface area contributed by atoms with Crippen molar-refractivity contribution in [2.45, 2.75) is 20.8 Å². The van der Waals surface area contributed by atoms with Gasteiger partial charge in [-0.25, -0.2) is 0 Å². The maximum absolute atomic E-state index is 13.5. The van der Waals surface area contributed by atoms with Crippen molar-refractivity contribution in [2.24, 2.45) is 0 Å². The molecule has 0 bridgehead atoms. The standard InChI is InChI=1S/C25H23N3O4/c1-14-8-10-18(12-15(14)2)28-20-7-5-4-6-19(20)23(25(28)32)16(3)26-27-24(31)17-9-11-21(29)22(30)13-17/h4-13,26,29-30H,1-3H3,(H,27,31)/b23-16-. The Morgan fingerprint density at radius 3 is 2.34 bits per heavy atom. The molecule has 3 aromatic rings. The highest BCUT2D eigenvalue weighted by Gasteiger charge is 2.35. The molecule has 0 spiro atoms. The number of carbonyl (C=O) groups excluding carboxylic acids is 2. The van der Waals surface area contributed by atoms with Crippen LogP contribution in [-0.4, -0.2) is 22.0 Å². The van der Waals surface area contributed by atoms with Gasteiger partial charge < -0.3 is 15.6 Å². The normalized spacial score (nSPS) is 14.2. The minimum Gasteiger partial charge on any atom is -0.504 e. The quantitative estimate of drug-likeness (QED) is 0.285. The van der Waals surface area contributed by atoms with Crippen LogP contribution < -0.4 is 15.8 Å². The number of hydrogen-bond acceptors (Lipinski definition) is 5. The molecule has 0 radical (unpaired) electrons. The van der Waals surface area contributed by atoms with Crippen molar-refractivity contribution in [3.05, 3.63) is 88.6 Å². The molecule has 4 rings (SSSR count). The van der Waals surface area contributed by atoms with Gasteiger partial charge in [-0.2, -0.15) is 0 Å². The zero-order valence-corrected chi connectivity index (χ0v) is 17.9. The molecule has 0 saturated carbocycles. The van der Waals surface area contributed by atoms with Crippen LogP contribution in [0.3, 0.4) is 0 Å². The highest BCUT2D eigenvalue weighted by molar-refractivity contribution is 6.35. The largest absolute Gasteiger partial charge is 0.504 e. The van der Waals surface area contributed by atoms with Crippen molar-refractivity contribution in [1.82, 2.24) is 10.9 Å². The monoisotopic (exact) mass is 429 g/mol. The molecule has 1 aliphatic rings. The van der Waals surface area contributed by atoms with E-state index in [4.69, 9.17) is 0 Å². The van der Waals surface area contributed by atoms with Crippen LogP contribution in [0.5, 0.6) is 11.5 Å². The second-order valence-corrected chi connectivity index (χ2v) is 7.71. The van der Waals surface area contributed by atoms with Crippen LogP contribution in [0.4, 0.5) is 11.4 Å². The van der Waals surface area contributed by atoms with E-state index in [0.717, 1.165) is 34.1 Å². The number of carbonyl (C=O) groups is 2. The molecule has 7 nitrogen and oxygen atoms in total. The number of aromatic hydroxyl groups is 2. The minimum atomic E-state index is -0.523. The Hall–Kier alpha value is -4.26. The second-order valence-electron chi connectivity index (χ2n) is 7.71. The van der Waals surface area contributed by atoms with Gasteiger partial charge in [-0.15, -0.1) is 0 Å². The molecule has 2 amide bonds. The molecule has 1 heterocycles. The van der Waals surface area contributed by atoms with Crippen molar-refractivity contribution in [3.63, 3.8) is 0 Å². The number of amides is 2. The third kappa shape index (κ3) is 3.65. The number of phenolic OH excluding ortho intramolecular Hbond substituents is 2. The number of anilines is 2. The summed E-state index contributed by atoms with van der Waals surface area (Å²) in [5.41, 5.74) is 11.0. The summed E-state index contributed by atoms with van der Waals surface area (Å²) in [5.74, 6) is -1.43. The van der Waals surface area contributed by atoms with Crippen molar-refractivity contribution in [2.75, 3.05) is 4.90 Å². The first-order valence-electron chi connectivity index (χ1n) is 10.1. The number of hydrogen-bond donors (Lipinski definition) is 4. The lowest BCUT2D eigenvalue weighted by molar-refractivity contribution is -0.112. The molecular formula is C25H23N3O4. The Morgan fingerprint density at radius 1 is 0.875 bits per heavy atom. The summed E-state index contributed by atoms with van der Waals surface area (Å²) in [4.78, 5) is 27.5. The van der Waals surface area contributed by atoms with Gasteiger partial charge in [0.25, 0.3) is 11.8 Å². The number of benzene rings is 3. The zero-order valence-electron chi connectivity index (χ0n) is 17.9. The highest BCUT2D eigenvalue weighted by Crippen LogP contribution is 2.42. The molecule has 0 atom stereocenters. The van der Waals surface area contributed by atoms with E-state index >= 15 is 0 Å². The first kappa shape index (κ1) is 21.0. The van der Waals surface area contributed by atoms with Gasteiger partial charge >= 0.3 is 0 Å². The molecule has 3 aromatic carbocycles. The summed E-state index contributed by atoms with van der Waals surface area (Å²) < 4.78 is 0. The number of para-hydroxylation sites is 1. The van der Waals surface area contributed by atoms with E-state index in [0.29, 0.717) is 11.3 Å². The van der Waals surface area contributed by atoms with Gasteiger partial charge in [0.05, 0.1) is 11.3 Å². The molecule has 1 aliphatic heterocycles. The van der Waals surface area contributed by atoms with E-state index < -0.39 is 11.7 Å². The third-order valence-corrected chi connectivity index (χ3v) is 5.56. The molecule has 0 aromatic heterocycles. The molecule has 0 saturated heterocycles. The maximum atomic E-state index is 13.5. The smallest absolute Gasteiger partial charge is 0.269 e. The molecule has 0 fully saturated rings. The predicted octanol–water partition coefficient (Wildman–Crippen LogP) is 4.06. The fourth-order valence-electron chi connectivity index (χ4n) is 3.65. The average Bonchev–Trinajstić information content (AvgIpc) is 3.07. The molecule has 162 valence electrons. The van der Waals surface area contributed by atoms with Gasteiger partial charge in [0.2, 0.25) is 0 Å². The average molecular weight is 429 g/mol. The minimum absolute atomic E-state index is 0.153. The fourth-order valence-corrected chi connectivity index (χ4v) is 3.65. The number of fused-ring (bicyclic) bond motifs is 1. The summed E-state index contributed by atoms with van der Waals surface area (Å²) in [7, 11) is 0. The highest BCUT2D eigenvalue weighted by atomic mass is 16.3. The van der Waals surface area contributed by atoms with Crippen LogP contribution in [-0.2, 0) is 4.79 Å². The van der Waals surface area contributed by atoms with E-state index in [1.807, 2.05) is 56.3 Å². The summed E-state index contributed by atoms with van der Waals surface area (Å²) in [5, 5.41) is 19.0. The Bertz CT molecular complexity index is 1280. The van der Waals surface area contributed by atoms with Crippen molar-refractivity contribution >= 4 is 28.8 Å². The molecular weight excluding hydrogens is 406 g/mol. The number of nitrogens with zero attached hydrogens (tertiary/aromatic N) is 1. The number of allylic oxidation sites excluding steroid dienone is 1.